The normalized spacial score (nSPS) is 11.1. The summed E-state index contributed by atoms with van der Waals surface area (Å²) < 4.78 is 30.0. The topological polar surface area (TPSA) is 38.9 Å². The number of halogens is 3. The third-order valence-corrected chi connectivity index (χ3v) is 3.29. The number of rotatable bonds is 2. The first-order valence-electron chi connectivity index (χ1n) is 3.54. The van der Waals surface area contributed by atoms with E-state index in [2.05, 4.69) is 32.8 Å². The monoisotopic (exact) mass is 328 g/mol. The van der Waals surface area contributed by atoms with E-state index in [-0.39, 0.29) is 5.89 Å². The van der Waals surface area contributed by atoms with Gasteiger partial charge in [-0.25, -0.2) is 0 Å². The van der Waals surface area contributed by atoms with Crippen molar-refractivity contribution in [2.45, 2.75) is 6.43 Å². The average Bonchev–Trinajstić information content (AvgIpc) is 2.70. The molecular weight excluding hydrogens is 325 g/mol. The van der Waals surface area contributed by atoms with Crippen LogP contribution in [-0.2, 0) is 0 Å². The summed E-state index contributed by atoms with van der Waals surface area (Å²) >= 11 is 3.54. The highest BCUT2D eigenvalue weighted by Crippen LogP contribution is 2.29. The zero-order valence-corrected chi connectivity index (χ0v) is 9.55. The molecule has 14 heavy (non-hydrogen) atoms. The quantitative estimate of drug-likeness (QED) is 0.794. The van der Waals surface area contributed by atoms with E-state index >= 15 is 0 Å². The SMILES string of the molecule is FC(F)c1nnc(-c2ccc(I)s2)o1. The number of alkyl halides is 2. The van der Waals surface area contributed by atoms with E-state index < -0.39 is 12.3 Å². The second kappa shape index (κ2) is 3.89. The highest BCUT2D eigenvalue weighted by Gasteiger charge is 2.17. The van der Waals surface area contributed by atoms with E-state index in [1.165, 1.54) is 11.3 Å². The van der Waals surface area contributed by atoms with Crippen molar-refractivity contribution in [3.63, 3.8) is 0 Å². The van der Waals surface area contributed by atoms with Gasteiger partial charge in [0.15, 0.2) is 0 Å². The first-order valence-corrected chi connectivity index (χ1v) is 5.43. The Bertz CT molecular complexity index is 442. The molecule has 0 aliphatic heterocycles. The molecule has 2 aromatic rings. The number of hydrogen-bond donors (Lipinski definition) is 0. The maximum absolute atomic E-state index is 12.1. The van der Waals surface area contributed by atoms with Crippen LogP contribution in [0.2, 0.25) is 0 Å². The van der Waals surface area contributed by atoms with E-state index in [9.17, 15) is 8.78 Å². The summed E-state index contributed by atoms with van der Waals surface area (Å²) in [5.41, 5.74) is 0. The van der Waals surface area contributed by atoms with E-state index in [0.717, 1.165) is 2.88 Å². The molecule has 0 atom stereocenters. The Balaban J connectivity index is 2.33. The van der Waals surface area contributed by atoms with Crippen LogP contribution in [0.1, 0.15) is 12.3 Å². The Morgan fingerprint density at radius 3 is 2.64 bits per heavy atom. The fraction of sp³-hybridized carbons (Fsp3) is 0.143. The fourth-order valence-electron chi connectivity index (χ4n) is 0.852. The Hall–Kier alpha value is -0.570. The molecule has 0 spiro atoms. The number of nitrogens with zero attached hydrogens (tertiary/aromatic N) is 2. The molecule has 0 aliphatic carbocycles. The maximum atomic E-state index is 12.1. The molecule has 74 valence electrons. The van der Waals surface area contributed by atoms with Gasteiger partial charge in [-0.05, 0) is 34.7 Å². The Morgan fingerprint density at radius 1 is 1.36 bits per heavy atom. The van der Waals surface area contributed by atoms with Crippen LogP contribution >= 0.6 is 33.9 Å². The van der Waals surface area contributed by atoms with Gasteiger partial charge in [0.05, 0.1) is 7.76 Å². The Morgan fingerprint density at radius 2 is 2.14 bits per heavy atom. The van der Waals surface area contributed by atoms with E-state index in [1.54, 1.807) is 6.07 Å². The molecule has 0 amide bonds. The highest BCUT2D eigenvalue weighted by atomic mass is 127. The van der Waals surface area contributed by atoms with Gasteiger partial charge in [-0.2, -0.15) is 8.78 Å². The predicted octanol–water partition coefficient (Wildman–Crippen LogP) is 3.34. The largest absolute Gasteiger partial charge is 0.414 e. The van der Waals surface area contributed by atoms with Gasteiger partial charge >= 0.3 is 6.43 Å². The van der Waals surface area contributed by atoms with E-state index in [4.69, 9.17) is 4.42 Å². The second-order valence-corrected chi connectivity index (χ2v) is 5.33. The fourth-order valence-corrected chi connectivity index (χ4v) is 2.40. The minimum atomic E-state index is -2.71. The first kappa shape index (κ1) is 9.97. The summed E-state index contributed by atoms with van der Waals surface area (Å²) in [5.74, 6) is -0.489. The molecule has 0 aromatic carbocycles. The molecule has 0 bridgehead atoms. The van der Waals surface area contributed by atoms with Gasteiger partial charge in [0.25, 0.3) is 11.8 Å². The molecule has 0 unspecified atom stereocenters. The highest BCUT2D eigenvalue weighted by molar-refractivity contribution is 14.1. The first-order chi connectivity index (χ1) is 6.66. The molecule has 3 nitrogen and oxygen atoms in total. The number of thiophene rings is 1. The van der Waals surface area contributed by atoms with Gasteiger partial charge in [0.2, 0.25) is 0 Å². The lowest BCUT2D eigenvalue weighted by Gasteiger charge is -1.87. The summed E-state index contributed by atoms with van der Waals surface area (Å²) in [6, 6.07) is 3.61. The van der Waals surface area contributed by atoms with Crippen LogP contribution in [0, 0.1) is 2.88 Å². The molecule has 0 N–H and O–H groups in total. The standard InChI is InChI=1S/C7H3F2IN2OS/c8-5(9)7-12-11-6(13-7)3-1-2-4(10)14-3/h1-2,5H. The molecule has 2 rings (SSSR count). The van der Waals surface area contributed by atoms with Crippen molar-refractivity contribution in [2.75, 3.05) is 0 Å². The van der Waals surface area contributed by atoms with Crippen LogP contribution in [0.25, 0.3) is 10.8 Å². The van der Waals surface area contributed by atoms with Gasteiger partial charge < -0.3 is 4.42 Å². The Kier molecular flexibility index (Phi) is 2.77. The smallest absolute Gasteiger partial charge is 0.314 e. The van der Waals surface area contributed by atoms with Crippen LogP contribution in [0.5, 0.6) is 0 Å². The van der Waals surface area contributed by atoms with Crippen molar-refractivity contribution in [2.24, 2.45) is 0 Å². The zero-order valence-electron chi connectivity index (χ0n) is 6.58. The van der Waals surface area contributed by atoms with Crippen LogP contribution in [0.4, 0.5) is 8.78 Å². The van der Waals surface area contributed by atoms with Crippen molar-refractivity contribution in [1.29, 1.82) is 0 Å². The van der Waals surface area contributed by atoms with Crippen LogP contribution in [0.15, 0.2) is 16.5 Å². The lowest BCUT2D eigenvalue weighted by molar-refractivity contribution is 0.116. The maximum Gasteiger partial charge on any atom is 0.314 e. The van der Waals surface area contributed by atoms with Crippen LogP contribution < -0.4 is 0 Å². The van der Waals surface area contributed by atoms with Crippen LogP contribution in [0.3, 0.4) is 0 Å². The molecule has 0 fully saturated rings. The van der Waals surface area contributed by atoms with E-state index in [1.807, 2.05) is 6.07 Å². The summed E-state index contributed by atoms with van der Waals surface area (Å²) in [7, 11) is 0. The van der Waals surface area contributed by atoms with Crippen molar-refractivity contribution in [1.82, 2.24) is 10.2 Å². The summed E-state index contributed by atoms with van der Waals surface area (Å²) in [4.78, 5) is 0.703. The predicted molar refractivity (Wildman–Crippen MR) is 55.3 cm³/mol. The van der Waals surface area contributed by atoms with Gasteiger partial charge in [-0.3, -0.25) is 0 Å². The minimum absolute atomic E-state index is 0.146. The molecule has 0 radical (unpaired) electrons. The van der Waals surface area contributed by atoms with Crippen molar-refractivity contribution >= 4 is 33.9 Å². The average molecular weight is 328 g/mol. The molecule has 2 heterocycles. The van der Waals surface area contributed by atoms with Crippen molar-refractivity contribution < 1.29 is 13.2 Å². The van der Waals surface area contributed by atoms with Gasteiger partial charge in [0.1, 0.15) is 0 Å². The molecule has 2 aromatic heterocycles. The summed E-state index contributed by atoms with van der Waals surface area (Å²) in [5, 5.41) is 6.77. The third kappa shape index (κ3) is 1.92. The summed E-state index contributed by atoms with van der Waals surface area (Å²) in [6.45, 7) is 0. The minimum Gasteiger partial charge on any atom is -0.414 e. The van der Waals surface area contributed by atoms with E-state index in [0.29, 0.717) is 4.88 Å². The third-order valence-electron chi connectivity index (χ3n) is 1.41. The van der Waals surface area contributed by atoms with Crippen molar-refractivity contribution in [3.05, 3.63) is 20.9 Å². The lowest BCUT2D eigenvalue weighted by Crippen LogP contribution is -1.81. The summed E-state index contributed by atoms with van der Waals surface area (Å²) in [6.07, 6.45) is -2.71. The number of hydrogen-bond acceptors (Lipinski definition) is 4. The van der Waals surface area contributed by atoms with Crippen LogP contribution in [-0.4, -0.2) is 10.2 Å². The molecular formula is C7H3F2IN2OS. The van der Waals surface area contributed by atoms with Gasteiger partial charge in [-0.15, -0.1) is 21.5 Å². The molecule has 0 aliphatic rings. The molecule has 0 saturated carbocycles. The second-order valence-electron chi connectivity index (χ2n) is 2.35. The van der Waals surface area contributed by atoms with Crippen molar-refractivity contribution in [3.8, 4) is 10.8 Å². The number of aromatic nitrogens is 2. The Labute approximate surface area is 95.3 Å². The lowest BCUT2D eigenvalue weighted by atomic mass is 10.5. The van der Waals surface area contributed by atoms with Gasteiger partial charge in [-0.1, -0.05) is 0 Å². The molecule has 7 heteroatoms. The zero-order chi connectivity index (χ0) is 10.1. The van der Waals surface area contributed by atoms with Gasteiger partial charge in [0, 0.05) is 0 Å². The molecule has 0 saturated heterocycles.